The minimum Gasteiger partial charge on any atom is -0.399 e. The van der Waals surface area contributed by atoms with Gasteiger partial charge in [0, 0.05) is 50.2 Å². The molecule has 148 valence electrons. The molecule has 1 amide bonds. The molecule has 1 saturated heterocycles. The lowest BCUT2D eigenvalue weighted by Gasteiger charge is -2.33. The third-order valence-electron chi connectivity index (χ3n) is 4.51. The summed E-state index contributed by atoms with van der Waals surface area (Å²) in [4.78, 5) is 21.3. The van der Waals surface area contributed by atoms with E-state index in [0.717, 1.165) is 49.7 Å². The molecule has 0 saturated carbocycles. The Hall–Kier alpha value is -2.02. The molecule has 6 nitrogen and oxygen atoms in total. The Morgan fingerprint density at radius 3 is 2.44 bits per heavy atom. The molecule has 0 atom stereocenters. The fourth-order valence-electron chi connectivity index (χ4n) is 2.87. The van der Waals surface area contributed by atoms with Crippen LogP contribution in [0.2, 0.25) is 0 Å². The summed E-state index contributed by atoms with van der Waals surface area (Å²) >= 11 is 0. The van der Waals surface area contributed by atoms with E-state index in [1.165, 1.54) is 0 Å². The molecule has 27 heavy (non-hydrogen) atoms. The lowest BCUT2D eigenvalue weighted by Crippen LogP contribution is -2.44. The maximum absolute atomic E-state index is 12.4. The van der Waals surface area contributed by atoms with Crippen molar-refractivity contribution in [1.82, 2.24) is 15.2 Å². The Morgan fingerprint density at radius 1 is 1.11 bits per heavy atom. The number of amides is 1. The predicted molar refractivity (Wildman–Crippen MR) is 115 cm³/mol. The number of hydrogen-bond acceptors (Lipinski definition) is 5. The largest absolute Gasteiger partial charge is 0.399 e. The summed E-state index contributed by atoms with van der Waals surface area (Å²) in [6, 6.07) is 11.4. The van der Waals surface area contributed by atoms with Gasteiger partial charge in [-0.25, -0.2) is 4.98 Å². The third-order valence-corrected chi connectivity index (χ3v) is 4.51. The van der Waals surface area contributed by atoms with E-state index < -0.39 is 0 Å². The maximum atomic E-state index is 12.4. The van der Waals surface area contributed by atoms with Gasteiger partial charge in [-0.3, -0.25) is 4.79 Å². The van der Waals surface area contributed by atoms with Crippen molar-refractivity contribution < 1.29 is 4.79 Å². The Bertz CT molecular complexity index is 718. The van der Waals surface area contributed by atoms with Crippen LogP contribution < -0.4 is 16.0 Å². The number of carbonyl (C=O) groups excluding carboxylic acids is 1. The number of pyridine rings is 1. The molecule has 1 aromatic carbocycles. The molecule has 1 aliphatic rings. The minimum atomic E-state index is -0.0618. The summed E-state index contributed by atoms with van der Waals surface area (Å²) in [5.74, 6) is 0.813. The molecule has 2 heterocycles. The van der Waals surface area contributed by atoms with E-state index in [0.29, 0.717) is 12.1 Å². The van der Waals surface area contributed by atoms with Gasteiger partial charge in [-0.2, -0.15) is 0 Å². The van der Waals surface area contributed by atoms with Crippen LogP contribution in [0.3, 0.4) is 0 Å². The summed E-state index contributed by atoms with van der Waals surface area (Å²) in [6.45, 7) is 4.49. The number of nitrogens with zero attached hydrogens (tertiary/aromatic N) is 3. The molecule has 1 fully saturated rings. The van der Waals surface area contributed by atoms with E-state index in [4.69, 9.17) is 5.73 Å². The Labute approximate surface area is 172 Å². The van der Waals surface area contributed by atoms with Crippen LogP contribution in [0.25, 0.3) is 0 Å². The molecule has 1 aromatic heterocycles. The number of hydrogen-bond donors (Lipinski definition) is 2. The zero-order valence-corrected chi connectivity index (χ0v) is 17.1. The van der Waals surface area contributed by atoms with E-state index >= 15 is 0 Å². The maximum Gasteiger partial charge on any atom is 0.251 e. The first-order valence-electron chi connectivity index (χ1n) is 8.64. The van der Waals surface area contributed by atoms with Gasteiger partial charge in [0.2, 0.25) is 0 Å². The van der Waals surface area contributed by atoms with E-state index in [1.807, 2.05) is 30.3 Å². The van der Waals surface area contributed by atoms with Gasteiger partial charge in [0.05, 0.1) is 0 Å². The number of nitrogens with one attached hydrogen (secondary N) is 1. The molecule has 0 aliphatic carbocycles. The van der Waals surface area contributed by atoms with Crippen LogP contribution in [-0.2, 0) is 6.42 Å². The molecule has 8 heteroatoms. The lowest BCUT2D eigenvalue weighted by atomic mass is 10.1. The molecule has 1 aliphatic heterocycles. The van der Waals surface area contributed by atoms with Gasteiger partial charge < -0.3 is 20.9 Å². The number of halogens is 2. The average Bonchev–Trinajstić information content (AvgIpc) is 2.64. The smallest absolute Gasteiger partial charge is 0.251 e. The van der Waals surface area contributed by atoms with Gasteiger partial charge in [-0.05, 0) is 43.3 Å². The molecule has 0 unspecified atom stereocenters. The number of carbonyl (C=O) groups is 1. The SMILES string of the molecule is CN1CCN(c2cc(C(=O)NCCc3ccc(N)cc3)ccn2)CC1.Cl.Cl. The monoisotopic (exact) mass is 411 g/mol. The highest BCUT2D eigenvalue weighted by Gasteiger charge is 2.16. The minimum absolute atomic E-state index is 0. The number of anilines is 2. The van der Waals surface area contributed by atoms with Gasteiger partial charge in [0.1, 0.15) is 5.82 Å². The van der Waals surface area contributed by atoms with Crippen LogP contribution in [0.1, 0.15) is 15.9 Å². The van der Waals surface area contributed by atoms with E-state index in [1.54, 1.807) is 12.3 Å². The van der Waals surface area contributed by atoms with Crippen LogP contribution in [0.15, 0.2) is 42.6 Å². The van der Waals surface area contributed by atoms with Gasteiger partial charge in [-0.1, -0.05) is 12.1 Å². The van der Waals surface area contributed by atoms with Crippen LogP contribution in [0.4, 0.5) is 11.5 Å². The standard InChI is InChI=1S/C19H25N5O.2ClH/c1-23-10-12-24(13-11-23)18-14-16(7-9-21-18)19(25)22-8-6-15-2-4-17(20)5-3-15;;/h2-5,7,9,14H,6,8,10-13,20H2,1H3,(H,22,25);2*1H. The fraction of sp³-hybridized carbons (Fsp3) is 0.368. The topological polar surface area (TPSA) is 74.5 Å². The highest BCUT2D eigenvalue weighted by atomic mass is 35.5. The van der Waals surface area contributed by atoms with Gasteiger partial charge >= 0.3 is 0 Å². The van der Waals surface area contributed by atoms with Gasteiger partial charge in [-0.15, -0.1) is 24.8 Å². The lowest BCUT2D eigenvalue weighted by molar-refractivity contribution is 0.0954. The first-order chi connectivity index (χ1) is 12.1. The van der Waals surface area contributed by atoms with Crippen molar-refractivity contribution in [3.63, 3.8) is 0 Å². The first kappa shape index (κ1) is 23.0. The van der Waals surface area contributed by atoms with Gasteiger partial charge in [0.15, 0.2) is 0 Å². The molecular weight excluding hydrogens is 385 g/mol. The predicted octanol–water partition coefficient (Wildman–Crippen LogP) is 2.23. The Balaban J connectivity index is 0.00000182. The van der Waals surface area contributed by atoms with Crippen LogP contribution in [-0.4, -0.2) is 55.6 Å². The quantitative estimate of drug-likeness (QED) is 0.737. The van der Waals surface area contributed by atoms with Crippen molar-refractivity contribution in [3.05, 3.63) is 53.7 Å². The normalized spacial score (nSPS) is 14.0. The number of piperazine rings is 1. The number of nitrogen functional groups attached to an aromatic ring is 1. The summed E-state index contributed by atoms with van der Waals surface area (Å²) in [5, 5.41) is 2.97. The average molecular weight is 412 g/mol. The van der Waals surface area contributed by atoms with Crippen LogP contribution in [0.5, 0.6) is 0 Å². The Kier molecular flexibility index (Phi) is 9.35. The summed E-state index contributed by atoms with van der Waals surface area (Å²) in [6.07, 6.45) is 2.49. The van der Waals surface area contributed by atoms with Crippen molar-refractivity contribution in [2.75, 3.05) is 50.4 Å². The van der Waals surface area contributed by atoms with E-state index in [-0.39, 0.29) is 30.7 Å². The molecular formula is C19H27Cl2N5O. The highest BCUT2D eigenvalue weighted by molar-refractivity contribution is 5.94. The second-order valence-corrected chi connectivity index (χ2v) is 6.44. The molecule has 0 spiro atoms. The van der Waals surface area contributed by atoms with Crippen molar-refractivity contribution in [2.24, 2.45) is 0 Å². The molecule has 3 rings (SSSR count). The third kappa shape index (κ3) is 6.57. The second kappa shape index (κ2) is 11.0. The number of likely N-dealkylation sites (N-methyl/N-ethyl adjacent to an activating group) is 1. The summed E-state index contributed by atoms with van der Waals surface area (Å²) in [5.41, 5.74) is 8.24. The number of rotatable bonds is 5. The zero-order chi connectivity index (χ0) is 17.6. The summed E-state index contributed by atoms with van der Waals surface area (Å²) < 4.78 is 0. The molecule has 0 bridgehead atoms. The second-order valence-electron chi connectivity index (χ2n) is 6.44. The summed E-state index contributed by atoms with van der Waals surface area (Å²) in [7, 11) is 2.12. The van der Waals surface area contributed by atoms with Crippen molar-refractivity contribution in [3.8, 4) is 0 Å². The number of nitrogens with two attached hydrogens (primary N) is 1. The van der Waals surface area contributed by atoms with Crippen LogP contribution >= 0.6 is 24.8 Å². The van der Waals surface area contributed by atoms with Crippen molar-refractivity contribution >= 4 is 42.2 Å². The van der Waals surface area contributed by atoms with Crippen molar-refractivity contribution in [1.29, 1.82) is 0 Å². The number of aromatic nitrogens is 1. The molecule has 2 aromatic rings. The number of benzene rings is 1. The van der Waals surface area contributed by atoms with Crippen molar-refractivity contribution in [2.45, 2.75) is 6.42 Å². The van der Waals surface area contributed by atoms with Gasteiger partial charge in [0.25, 0.3) is 5.91 Å². The fourth-order valence-corrected chi connectivity index (χ4v) is 2.87. The molecule has 0 radical (unpaired) electrons. The Morgan fingerprint density at radius 2 is 1.78 bits per heavy atom. The molecule has 3 N–H and O–H groups in total. The zero-order valence-electron chi connectivity index (χ0n) is 15.4. The first-order valence-corrected chi connectivity index (χ1v) is 8.64. The van der Waals surface area contributed by atoms with E-state index in [9.17, 15) is 4.79 Å². The highest BCUT2D eigenvalue weighted by Crippen LogP contribution is 2.15. The van der Waals surface area contributed by atoms with E-state index in [2.05, 4.69) is 27.1 Å². The van der Waals surface area contributed by atoms with Crippen LogP contribution in [0, 0.1) is 0 Å².